The van der Waals surface area contributed by atoms with E-state index in [1.165, 1.54) is 0 Å². The predicted octanol–water partition coefficient (Wildman–Crippen LogP) is 4.91. The number of carbonyl (C=O) groups is 2. The molecule has 0 bridgehead atoms. The van der Waals surface area contributed by atoms with E-state index in [0.29, 0.717) is 42.8 Å². The Balaban J connectivity index is 1.89. The van der Waals surface area contributed by atoms with Crippen LogP contribution in [-0.4, -0.2) is 54.5 Å². The van der Waals surface area contributed by atoms with E-state index in [0.717, 1.165) is 5.56 Å². The molecule has 0 spiro atoms. The molecule has 1 unspecified atom stereocenters. The Morgan fingerprint density at radius 3 is 2.22 bits per heavy atom. The van der Waals surface area contributed by atoms with Gasteiger partial charge in [-0.1, -0.05) is 37.6 Å². The molecule has 2 rings (SSSR count). The molecular weight excluding hydrogens is 434 g/mol. The van der Waals surface area contributed by atoms with Crippen LogP contribution in [0.3, 0.4) is 0 Å². The molecule has 0 saturated carbocycles. The van der Waals surface area contributed by atoms with Gasteiger partial charge in [0, 0.05) is 24.6 Å². The standard InChI is InChI=1S/C24H30ClNO6/c1-4-30-22(23(27)28)15-18-5-9-20(10-6-18)31-14-13-26(16-17(2)3)24(29)32-21-11-7-19(25)8-12-21/h5-12,17,22H,4,13-16H2,1-3H3,(H,27,28). The summed E-state index contributed by atoms with van der Waals surface area (Å²) >= 11 is 5.87. The summed E-state index contributed by atoms with van der Waals surface area (Å²) in [6.45, 7) is 7.33. The normalized spacial score (nSPS) is 11.8. The SMILES string of the molecule is CCOC(Cc1ccc(OCCN(CC(C)C)C(=O)Oc2ccc(Cl)cc2)cc1)C(=O)O. The summed E-state index contributed by atoms with van der Waals surface area (Å²) < 4.78 is 16.5. The van der Waals surface area contributed by atoms with Crippen LogP contribution in [0.1, 0.15) is 26.3 Å². The van der Waals surface area contributed by atoms with Gasteiger partial charge >= 0.3 is 12.1 Å². The molecule has 0 aliphatic carbocycles. The highest BCUT2D eigenvalue weighted by atomic mass is 35.5. The Hall–Kier alpha value is -2.77. The van der Waals surface area contributed by atoms with Crippen LogP contribution in [0.2, 0.25) is 5.02 Å². The fourth-order valence-electron chi connectivity index (χ4n) is 2.99. The maximum atomic E-state index is 12.6. The van der Waals surface area contributed by atoms with Gasteiger partial charge in [-0.05, 0) is 54.8 Å². The lowest BCUT2D eigenvalue weighted by Crippen LogP contribution is -2.39. The Kier molecular flexibility index (Phi) is 10.3. The van der Waals surface area contributed by atoms with Crippen molar-refractivity contribution in [2.45, 2.75) is 33.3 Å². The van der Waals surface area contributed by atoms with E-state index in [1.807, 2.05) is 26.0 Å². The van der Waals surface area contributed by atoms with Crippen molar-refractivity contribution in [2.75, 3.05) is 26.3 Å². The lowest BCUT2D eigenvalue weighted by molar-refractivity contribution is -0.149. The van der Waals surface area contributed by atoms with E-state index in [-0.39, 0.29) is 12.3 Å². The second-order valence-electron chi connectivity index (χ2n) is 7.64. The van der Waals surface area contributed by atoms with Gasteiger partial charge in [0.25, 0.3) is 0 Å². The number of ether oxygens (including phenoxy) is 3. The van der Waals surface area contributed by atoms with E-state index < -0.39 is 18.2 Å². The van der Waals surface area contributed by atoms with Crippen molar-refractivity contribution in [2.24, 2.45) is 5.92 Å². The van der Waals surface area contributed by atoms with Crippen molar-refractivity contribution < 1.29 is 28.9 Å². The van der Waals surface area contributed by atoms with E-state index in [1.54, 1.807) is 48.2 Å². The Morgan fingerprint density at radius 2 is 1.66 bits per heavy atom. The lowest BCUT2D eigenvalue weighted by atomic mass is 10.1. The first-order valence-electron chi connectivity index (χ1n) is 10.6. The third-order valence-corrected chi connectivity index (χ3v) is 4.73. The highest BCUT2D eigenvalue weighted by Crippen LogP contribution is 2.17. The molecule has 0 fully saturated rings. The number of aliphatic carboxylic acids is 1. The van der Waals surface area contributed by atoms with E-state index >= 15 is 0 Å². The van der Waals surface area contributed by atoms with Gasteiger partial charge < -0.3 is 24.2 Å². The minimum atomic E-state index is -0.983. The molecule has 0 aromatic heterocycles. The van der Waals surface area contributed by atoms with Crippen LogP contribution in [-0.2, 0) is 16.0 Å². The fourth-order valence-corrected chi connectivity index (χ4v) is 3.12. The highest BCUT2D eigenvalue weighted by molar-refractivity contribution is 6.30. The second-order valence-corrected chi connectivity index (χ2v) is 8.08. The van der Waals surface area contributed by atoms with Crippen molar-refractivity contribution in [1.82, 2.24) is 4.90 Å². The molecule has 0 heterocycles. The number of carboxylic acid groups (broad SMARTS) is 1. The molecule has 174 valence electrons. The topological polar surface area (TPSA) is 85.3 Å². The van der Waals surface area contributed by atoms with E-state index in [2.05, 4.69) is 0 Å². The van der Waals surface area contributed by atoms with Crippen molar-refractivity contribution in [1.29, 1.82) is 0 Å². The fraction of sp³-hybridized carbons (Fsp3) is 0.417. The summed E-state index contributed by atoms with van der Waals surface area (Å²) in [4.78, 5) is 25.4. The number of carbonyl (C=O) groups excluding carboxylic acids is 1. The first-order valence-corrected chi connectivity index (χ1v) is 10.9. The summed E-state index contributed by atoms with van der Waals surface area (Å²) in [6.07, 6.45) is -1.04. The number of carboxylic acids is 1. The maximum Gasteiger partial charge on any atom is 0.415 e. The summed E-state index contributed by atoms with van der Waals surface area (Å²) in [7, 11) is 0. The number of hydrogen-bond donors (Lipinski definition) is 1. The summed E-state index contributed by atoms with van der Waals surface area (Å²) in [5, 5.41) is 9.77. The van der Waals surface area contributed by atoms with Crippen LogP contribution in [0.4, 0.5) is 4.79 Å². The molecule has 2 aromatic carbocycles. The first kappa shape index (κ1) is 25.5. The van der Waals surface area contributed by atoms with Gasteiger partial charge in [0.05, 0.1) is 6.54 Å². The zero-order valence-corrected chi connectivity index (χ0v) is 19.4. The summed E-state index contributed by atoms with van der Waals surface area (Å²) in [5.41, 5.74) is 0.839. The van der Waals surface area contributed by atoms with Gasteiger partial charge in [-0.15, -0.1) is 0 Å². The highest BCUT2D eigenvalue weighted by Gasteiger charge is 2.19. The number of amides is 1. The van der Waals surface area contributed by atoms with Crippen molar-refractivity contribution >= 4 is 23.7 Å². The van der Waals surface area contributed by atoms with E-state index in [4.69, 9.17) is 25.8 Å². The largest absolute Gasteiger partial charge is 0.492 e. The number of halogens is 1. The molecule has 0 saturated heterocycles. The number of hydrogen-bond acceptors (Lipinski definition) is 5. The molecule has 32 heavy (non-hydrogen) atoms. The van der Waals surface area contributed by atoms with Gasteiger partial charge in [-0.2, -0.15) is 0 Å². The third-order valence-electron chi connectivity index (χ3n) is 4.48. The molecule has 7 nitrogen and oxygen atoms in total. The predicted molar refractivity (Wildman–Crippen MR) is 123 cm³/mol. The Morgan fingerprint density at radius 1 is 1.03 bits per heavy atom. The van der Waals surface area contributed by atoms with Crippen molar-refractivity contribution in [3.8, 4) is 11.5 Å². The number of benzene rings is 2. The van der Waals surface area contributed by atoms with Crippen LogP contribution in [0.5, 0.6) is 11.5 Å². The van der Waals surface area contributed by atoms with Crippen LogP contribution in [0.25, 0.3) is 0 Å². The van der Waals surface area contributed by atoms with Gasteiger partial charge in [0.15, 0.2) is 6.10 Å². The van der Waals surface area contributed by atoms with E-state index in [9.17, 15) is 14.7 Å². The average Bonchev–Trinajstić information content (AvgIpc) is 2.75. The lowest BCUT2D eigenvalue weighted by Gasteiger charge is -2.24. The zero-order valence-electron chi connectivity index (χ0n) is 18.6. The van der Waals surface area contributed by atoms with Gasteiger partial charge in [0.2, 0.25) is 0 Å². The van der Waals surface area contributed by atoms with Crippen LogP contribution in [0.15, 0.2) is 48.5 Å². The summed E-state index contributed by atoms with van der Waals surface area (Å²) in [6, 6.07) is 13.8. The molecule has 2 aromatic rings. The quantitative estimate of drug-likeness (QED) is 0.481. The van der Waals surface area contributed by atoms with Gasteiger partial charge in [0.1, 0.15) is 18.1 Å². The molecule has 0 aliphatic heterocycles. The molecule has 8 heteroatoms. The molecule has 0 aliphatic rings. The molecule has 1 N–H and O–H groups in total. The minimum Gasteiger partial charge on any atom is -0.492 e. The monoisotopic (exact) mass is 463 g/mol. The molecule has 1 amide bonds. The molecular formula is C24H30ClNO6. The van der Waals surface area contributed by atoms with Crippen molar-refractivity contribution in [3.63, 3.8) is 0 Å². The molecule has 0 radical (unpaired) electrons. The third kappa shape index (κ3) is 8.77. The van der Waals surface area contributed by atoms with Crippen LogP contribution < -0.4 is 9.47 Å². The van der Waals surface area contributed by atoms with Gasteiger partial charge in [-0.3, -0.25) is 0 Å². The number of rotatable bonds is 12. The Bertz CT molecular complexity index is 854. The summed E-state index contributed by atoms with van der Waals surface area (Å²) in [5.74, 6) is 0.339. The molecule has 1 atom stereocenters. The number of nitrogens with zero attached hydrogens (tertiary/aromatic N) is 1. The zero-order chi connectivity index (χ0) is 23.5. The maximum absolute atomic E-state index is 12.6. The average molecular weight is 464 g/mol. The van der Waals surface area contributed by atoms with Crippen LogP contribution in [0, 0.1) is 5.92 Å². The van der Waals surface area contributed by atoms with Crippen molar-refractivity contribution in [3.05, 3.63) is 59.1 Å². The van der Waals surface area contributed by atoms with Gasteiger partial charge in [-0.25, -0.2) is 9.59 Å². The Labute approximate surface area is 193 Å². The second kappa shape index (κ2) is 12.9. The minimum absolute atomic E-state index is 0.263. The first-order chi connectivity index (χ1) is 15.3. The smallest absolute Gasteiger partial charge is 0.415 e. The van der Waals surface area contributed by atoms with Crippen LogP contribution >= 0.6 is 11.6 Å².